The van der Waals surface area contributed by atoms with Gasteiger partial charge in [0.15, 0.2) is 6.23 Å². The third-order valence-corrected chi connectivity index (χ3v) is 3.43. The highest BCUT2D eigenvalue weighted by Gasteiger charge is 2.33. The van der Waals surface area contributed by atoms with Crippen LogP contribution in [0.2, 0.25) is 0 Å². The minimum Gasteiger partial charge on any atom is -0.474 e. The van der Waals surface area contributed by atoms with Gasteiger partial charge in [-0.05, 0) is 18.1 Å². The summed E-state index contributed by atoms with van der Waals surface area (Å²) in [6.45, 7) is 0. The first kappa shape index (κ1) is 12.7. The lowest BCUT2D eigenvalue weighted by atomic mass is 10.1. The Balaban J connectivity index is 1.80. The van der Waals surface area contributed by atoms with Crippen LogP contribution >= 0.6 is 0 Å². The molecule has 1 unspecified atom stereocenters. The maximum atomic E-state index is 11.8. The molecule has 4 heteroatoms. The maximum absolute atomic E-state index is 11.8. The number of allylic oxidation sites excluding steroid dienone is 2. The Hall–Kier alpha value is -2.36. The maximum Gasteiger partial charge on any atom is 0.256 e. The van der Waals surface area contributed by atoms with Crippen LogP contribution in [0.15, 0.2) is 54.3 Å². The average Bonchev–Trinajstić information content (AvgIpc) is 2.73. The summed E-state index contributed by atoms with van der Waals surface area (Å²) in [6, 6.07) is 9.72. The van der Waals surface area contributed by atoms with E-state index in [-0.39, 0.29) is 11.8 Å². The molecular weight excluding hydrogens is 254 g/mol. The molecule has 2 amide bonds. The zero-order chi connectivity index (χ0) is 13.9. The number of carbonyl (C=O) groups is 2. The van der Waals surface area contributed by atoms with Gasteiger partial charge in [0.25, 0.3) is 11.8 Å². The van der Waals surface area contributed by atoms with Crippen LogP contribution in [0.25, 0.3) is 0 Å². The molecule has 2 aliphatic rings. The fourth-order valence-corrected chi connectivity index (χ4v) is 2.24. The monoisotopic (exact) mass is 269 g/mol. The van der Waals surface area contributed by atoms with Crippen molar-refractivity contribution in [3.8, 4) is 0 Å². The normalized spacial score (nSPS) is 18.8. The number of benzene rings is 1. The highest BCUT2D eigenvalue weighted by Crippen LogP contribution is 2.25. The van der Waals surface area contributed by atoms with E-state index in [4.69, 9.17) is 4.74 Å². The molecule has 4 nitrogen and oxygen atoms in total. The summed E-state index contributed by atoms with van der Waals surface area (Å²) in [5.74, 6) is 0.241. The number of amides is 2. The lowest BCUT2D eigenvalue weighted by Gasteiger charge is -2.30. The summed E-state index contributed by atoms with van der Waals surface area (Å²) in [7, 11) is 0. The quantitative estimate of drug-likeness (QED) is 0.770. The predicted molar refractivity (Wildman–Crippen MR) is 73.3 cm³/mol. The van der Waals surface area contributed by atoms with Crippen molar-refractivity contribution >= 4 is 11.8 Å². The van der Waals surface area contributed by atoms with Crippen molar-refractivity contribution in [3.05, 3.63) is 59.9 Å². The zero-order valence-electron chi connectivity index (χ0n) is 11.0. The van der Waals surface area contributed by atoms with Gasteiger partial charge in [-0.2, -0.15) is 0 Å². The van der Waals surface area contributed by atoms with Gasteiger partial charge in [0.1, 0.15) is 0 Å². The molecule has 0 spiro atoms. The number of rotatable bonds is 5. The Morgan fingerprint density at radius 2 is 1.75 bits per heavy atom. The zero-order valence-corrected chi connectivity index (χ0v) is 11.0. The van der Waals surface area contributed by atoms with E-state index < -0.39 is 6.23 Å². The second-order valence-electron chi connectivity index (χ2n) is 4.85. The lowest BCUT2D eigenvalue weighted by molar-refractivity contribution is -0.149. The van der Waals surface area contributed by atoms with Crippen molar-refractivity contribution < 1.29 is 14.3 Å². The standard InChI is InChI=1S/C16H15NO3/c18-14-9-10-15(19)17(14)16(20-13-7-4-8-13)11-12-5-2-1-3-6-12/h1-3,5-7,9-10,16H,4,8,11H2. The van der Waals surface area contributed by atoms with Gasteiger partial charge in [-0.15, -0.1) is 0 Å². The molecule has 3 rings (SSSR count). The first-order valence-electron chi connectivity index (χ1n) is 6.69. The van der Waals surface area contributed by atoms with Crippen LogP contribution in [0.3, 0.4) is 0 Å². The third-order valence-electron chi connectivity index (χ3n) is 3.43. The highest BCUT2D eigenvalue weighted by molar-refractivity contribution is 6.13. The smallest absolute Gasteiger partial charge is 0.256 e. The van der Waals surface area contributed by atoms with Crippen LogP contribution in [0.4, 0.5) is 0 Å². The third kappa shape index (κ3) is 2.50. The first-order valence-corrected chi connectivity index (χ1v) is 6.69. The molecule has 0 fully saturated rings. The molecule has 1 aromatic carbocycles. The highest BCUT2D eigenvalue weighted by atomic mass is 16.5. The van der Waals surface area contributed by atoms with Crippen molar-refractivity contribution in [1.82, 2.24) is 4.90 Å². The Morgan fingerprint density at radius 3 is 2.30 bits per heavy atom. The van der Waals surface area contributed by atoms with Gasteiger partial charge in [0.05, 0.1) is 5.76 Å². The van der Waals surface area contributed by atoms with E-state index in [0.717, 1.165) is 24.2 Å². The van der Waals surface area contributed by atoms with Gasteiger partial charge < -0.3 is 4.74 Å². The van der Waals surface area contributed by atoms with Crippen LogP contribution in [-0.4, -0.2) is 22.9 Å². The summed E-state index contributed by atoms with van der Waals surface area (Å²) in [4.78, 5) is 24.8. The minimum atomic E-state index is -0.570. The van der Waals surface area contributed by atoms with Crippen LogP contribution in [0.5, 0.6) is 0 Å². The molecule has 0 saturated heterocycles. The second-order valence-corrected chi connectivity index (χ2v) is 4.85. The van der Waals surface area contributed by atoms with E-state index in [0.29, 0.717) is 6.42 Å². The number of hydrogen-bond acceptors (Lipinski definition) is 3. The Labute approximate surface area is 117 Å². The molecule has 0 saturated carbocycles. The van der Waals surface area contributed by atoms with Gasteiger partial charge >= 0.3 is 0 Å². The number of ether oxygens (including phenoxy) is 1. The van der Waals surface area contributed by atoms with Crippen molar-refractivity contribution in [2.45, 2.75) is 25.5 Å². The summed E-state index contributed by atoms with van der Waals surface area (Å²) < 4.78 is 5.82. The number of imide groups is 1. The van der Waals surface area contributed by atoms with Crippen molar-refractivity contribution in [2.75, 3.05) is 0 Å². The van der Waals surface area contributed by atoms with Crippen LogP contribution in [0.1, 0.15) is 18.4 Å². The first-order chi connectivity index (χ1) is 9.74. The van der Waals surface area contributed by atoms with E-state index in [1.54, 1.807) is 0 Å². The molecule has 0 N–H and O–H groups in total. The van der Waals surface area contributed by atoms with Crippen LogP contribution in [0, 0.1) is 0 Å². The molecule has 20 heavy (non-hydrogen) atoms. The molecule has 0 radical (unpaired) electrons. The van der Waals surface area contributed by atoms with E-state index >= 15 is 0 Å². The topological polar surface area (TPSA) is 46.6 Å². The molecule has 102 valence electrons. The Kier molecular flexibility index (Phi) is 3.37. The predicted octanol–water partition coefficient (Wildman–Crippen LogP) is 2.17. The number of carbonyl (C=O) groups excluding carboxylic acids is 2. The van der Waals surface area contributed by atoms with Gasteiger partial charge in [0, 0.05) is 25.0 Å². The number of hydrogen-bond donors (Lipinski definition) is 0. The average molecular weight is 269 g/mol. The van der Waals surface area contributed by atoms with Gasteiger partial charge in [-0.3, -0.25) is 9.59 Å². The second kappa shape index (κ2) is 5.33. The SMILES string of the molecule is O=C1C=CC(=O)N1C(Cc1ccccc1)OC1=CCC1. The van der Waals surface area contributed by atoms with Gasteiger partial charge in [-0.25, -0.2) is 4.90 Å². The van der Waals surface area contributed by atoms with E-state index in [2.05, 4.69) is 0 Å². The molecule has 0 bridgehead atoms. The fraction of sp³-hybridized carbons (Fsp3) is 0.250. The minimum absolute atomic E-state index is 0.309. The fourth-order valence-electron chi connectivity index (χ4n) is 2.24. The van der Waals surface area contributed by atoms with Crippen molar-refractivity contribution in [2.24, 2.45) is 0 Å². The van der Waals surface area contributed by atoms with Crippen molar-refractivity contribution in [1.29, 1.82) is 0 Å². The van der Waals surface area contributed by atoms with E-state index in [1.165, 1.54) is 17.1 Å². The van der Waals surface area contributed by atoms with Crippen LogP contribution in [-0.2, 0) is 20.7 Å². The molecule has 1 aromatic rings. The summed E-state index contributed by atoms with van der Waals surface area (Å²) >= 11 is 0. The van der Waals surface area contributed by atoms with Gasteiger partial charge in [0.2, 0.25) is 0 Å². The molecular formula is C16H15NO3. The van der Waals surface area contributed by atoms with E-state index in [9.17, 15) is 9.59 Å². The lowest BCUT2D eigenvalue weighted by Crippen LogP contribution is -2.43. The number of nitrogens with zero attached hydrogens (tertiary/aromatic N) is 1. The molecule has 1 heterocycles. The largest absolute Gasteiger partial charge is 0.474 e. The summed E-state index contributed by atoms with van der Waals surface area (Å²) in [6.07, 6.45) is 6.35. The molecule has 1 aliphatic carbocycles. The van der Waals surface area contributed by atoms with Crippen molar-refractivity contribution in [3.63, 3.8) is 0 Å². The van der Waals surface area contributed by atoms with Crippen LogP contribution < -0.4 is 0 Å². The summed E-state index contributed by atoms with van der Waals surface area (Å²) in [5, 5.41) is 0. The summed E-state index contributed by atoms with van der Waals surface area (Å²) in [5.41, 5.74) is 1.03. The molecule has 1 aliphatic heterocycles. The van der Waals surface area contributed by atoms with E-state index in [1.807, 2.05) is 36.4 Å². The molecule has 0 aromatic heterocycles. The van der Waals surface area contributed by atoms with Gasteiger partial charge in [-0.1, -0.05) is 30.3 Å². The Bertz CT molecular complexity index is 571. The molecule has 1 atom stereocenters. The Morgan fingerprint density at radius 1 is 1.10 bits per heavy atom.